The zero-order chi connectivity index (χ0) is 23.6. The number of halogens is 2. The molecule has 6 rings (SSSR count). The largest absolute Gasteiger partial charge is 0.375 e. The van der Waals surface area contributed by atoms with Crippen LogP contribution in [0, 0.1) is 24.6 Å². The Morgan fingerprint density at radius 1 is 1.26 bits per heavy atom. The number of carbonyl (C=O) groups is 2. The number of amides is 2. The second kappa shape index (κ2) is 8.37. The first-order valence-electron chi connectivity index (χ1n) is 11.4. The highest BCUT2D eigenvalue weighted by molar-refractivity contribution is 7.19. The van der Waals surface area contributed by atoms with Crippen molar-refractivity contribution in [1.29, 1.82) is 0 Å². The Bertz CT molecular complexity index is 1320. The number of aromatic nitrogens is 1. The van der Waals surface area contributed by atoms with Crippen molar-refractivity contribution in [2.45, 2.75) is 32.4 Å². The van der Waals surface area contributed by atoms with Crippen molar-refractivity contribution in [2.75, 3.05) is 19.7 Å². The minimum absolute atomic E-state index is 0.0407. The molecule has 1 aliphatic carbocycles. The van der Waals surface area contributed by atoms with E-state index in [9.17, 15) is 9.59 Å². The normalized spacial score (nSPS) is 24.2. The number of aryl methyl sites for hydroxylation is 1. The van der Waals surface area contributed by atoms with Crippen LogP contribution in [0.5, 0.6) is 0 Å². The molecule has 34 heavy (non-hydrogen) atoms. The number of carbonyl (C=O) groups excluding carboxylic acids is 2. The van der Waals surface area contributed by atoms with Gasteiger partial charge in [-0.1, -0.05) is 11.6 Å². The molecule has 3 fully saturated rings. The molecule has 3 atom stereocenters. The van der Waals surface area contributed by atoms with Gasteiger partial charge in [-0.05, 0) is 48.2 Å². The molecule has 3 aliphatic rings. The van der Waals surface area contributed by atoms with Gasteiger partial charge in [0.25, 0.3) is 0 Å². The molecule has 9 heteroatoms. The maximum absolute atomic E-state index is 15.4. The Hall–Kier alpha value is -2.39. The Kier molecular flexibility index (Phi) is 5.44. The Morgan fingerprint density at radius 2 is 2.06 bits per heavy atom. The second-order valence-electron chi connectivity index (χ2n) is 9.24. The fraction of sp³-hybridized carbons (Fsp3) is 0.400. The van der Waals surface area contributed by atoms with Gasteiger partial charge in [-0.25, -0.2) is 4.39 Å². The van der Waals surface area contributed by atoms with Gasteiger partial charge in [-0.15, -0.1) is 11.3 Å². The summed E-state index contributed by atoms with van der Waals surface area (Å²) >= 11 is 7.70. The molecule has 2 aliphatic heterocycles. The van der Waals surface area contributed by atoms with E-state index in [-0.39, 0.29) is 41.8 Å². The van der Waals surface area contributed by atoms with Gasteiger partial charge in [-0.3, -0.25) is 19.5 Å². The maximum atomic E-state index is 15.4. The van der Waals surface area contributed by atoms with Crippen molar-refractivity contribution in [3.8, 4) is 11.1 Å². The predicted molar refractivity (Wildman–Crippen MR) is 128 cm³/mol. The number of imide groups is 1. The van der Waals surface area contributed by atoms with Crippen LogP contribution in [-0.4, -0.2) is 47.5 Å². The average molecular weight is 500 g/mol. The summed E-state index contributed by atoms with van der Waals surface area (Å²) in [5, 5.41) is 3.97. The van der Waals surface area contributed by atoms with E-state index in [1.165, 1.54) is 16.2 Å². The summed E-state index contributed by atoms with van der Waals surface area (Å²) < 4.78 is 22.0. The lowest BCUT2D eigenvalue weighted by molar-refractivity contribution is -0.142. The van der Waals surface area contributed by atoms with Crippen LogP contribution in [0.1, 0.15) is 22.4 Å². The molecule has 2 unspecified atom stereocenters. The predicted octanol–water partition coefficient (Wildman–Crippen LogP) is 4.10. The lowest BCUT2D eigenvalue weighted by atomic mass is 9.92. The Morgan fingerprint density at radius 3 is 2.79 bits per heavy atom. The molecule has 0 radical (unpaired) electrons. The number of thiophene rings is 1. The third-order valence-electron chi connectivity index (χ3n) is 7.01. The summed E-state index contributed by atoms with van der Waals surface area (Å²) in [5.41, 5.74) is 4.17. The third kappa shape index (κ3) is 3.64. The zero-order valence-corrected chi connectivity index (χ0v) is 20.1. The van der Waals surface area contributed by atoms with Crippen LogP contribution >= 0.6 is 22.9 Å². The highest BCUT2D eigenvalue weighted by Crippen LogP contribution is 2.48. The van der Waals surface area contributed by atoms with Crippen molar-refractivity contribution in [3.05, 3.63) is 51.2 Å². The van der Waals surface area contributed by atoms with Gasteiger partial charge < -0.3 is 10.1 Å². The van der Waals surface area contributed by atoms with E-state index >= 15 is 4.39 Å². The Labute approximate surface area is 205 Å². The standard InChI is InChI=1S/C25H23ClFN3O3S/c1-12-6-13(26)7-17(16(12)8-14-10-28-4-5-33-14)15-2-3-29-22-21(27)20(34-23(15)22)11-30-24(31)18-9-19(18)25(30)32/h2-3,6-7,14,18-19,28H,4-5,8-11H2,1H3/t14-,18?,19?/m1/s1. The number of pyridine rings is 1. The van der Waals surface area contributed by atoms with E-state index in [1.807, 2.05) is 25.1 Å². The molecule has 176 valence electrons. The summed E-state index contributed by atoms with van der Waals surface area (Å²) in [7, 11) is 0. The van der Waals surface area contributed by atoms with Gasteiger partial charge in [-0.2, -0.15) is 0 Å². The van der Waals surface area contributed by atoms with E-state index in [4.69, 9.17) is 16.3 Å². The minimum atomic E-state index is -0.469. The maximum Gasteiger partial charge on any atom is 0.233 e. The summed E-state index contributed by atoms with van der Waals surface area (Å²) in [5.74, 6) is -1.25. The van der Waals surface area contributed by atoms with E-state index < -0.39 is 5.82 Å². The second-order valence-corrected chi connectivity index (χ2v) is 10.8. The summed E-state index contributed by atoms with van der Waals surface area (Å²) in [6.45, 7) is 4.26. The topological polar surface area (TPSA) is 71.5 Å². The third-order valence-corrected chi connectivity index (χ3v) is 8.40. The highest BCUT2D eigenvalue weighted by atomic mass is 35.5. The van der Waals surface area contributed by atoms with Crippen molar-refractivity contribution in [2.24, 2.45) is 11.8 Å². The SMILES string of the molecule is Cc1cc(Cl)cc(-c2ccnc3c(F)c(CN4C(=O)C5CC5C4=O)sc23)c1C[C@@H]1CNCCO1. The molecular formula is C25H23ClFN3O3S. The van der Waals surface area contributed by atoms with Crippen LogP contribution in [0.25, 0.3) is 21.3 Å². The number of hydrogen-bond donors (Lipinski definition) is 1. The number of benzene rings is 1. The van der Waals surface area contributed by atoms with Crippen molar-refractivity contribution < 1.29 is 18.7 Å². The van der Waals surface area contributed by atoms with Gasteiger partial charge in [0.05, 0.1) is 40.7 Å². The van der Waals surface area contributed by atoms with Crippen molar-refractivity contribution in [3.63, 3.8) is 0 Å². The average Bonchev–Trinajstić information content (AvgIpc) is 3.52. The first kappa shape index (κ1) is 22.1. The minimum Gasteiger partial charge on any atom is -0.375 e. The molecule has 3 aromatic rings. The molecule has 0 bridgehead atoms. The zero-order valence-electron chi connectivity index (χ0n) is 18.6. The van der Waals surface area contributed by atoms with Crippen LogP contribution in [-0.2, 0) is 27.3 Å². The first-order valence-corrected chi connectivity index (χ1v) is 12.6. The van der Waals surface area contributed by atoms with Gasteiger partial charge in [0.15, 0.2) is 5.82 Å². The number of morpholine rings is 1. The van der Waals surface area contributed by atoms with Crippen LogP contribution in [0.4, 0.5) is 4.39 Å². The number of hydrogen-bond acceptors (Lipinski definition) is 6. The number of rotatable bonds is 5. The highest BCUT2D eigenvalue weighted by Gasteiger charge is 2.58. The van der Waals surface area contributed by atoms with Gasteiger partial charge >= 0.3 is 0 Å². The van der Waals surface area contributed by atoms with Crippen LogP contribution in [0.15, 0.2) is 24.4 Å². The molecule has 1 aromatic carbocycles. The summed E-state index contributed by atoms with van der Waals surface area (Å²) in [6.07, 6.45) is 2.97. The van der Waals surface area contributed by atoms with E-state index in [2.05, 4.69) is 10.3 Å². The molecular weight excluding hydrogens is 477 g/mol. The lowest BCUT2D eigenvalue weighted by Gasteiger charge is -2.25. The number of ether oxygens (including phenoxy) is 1. The molecule has 2 saturated heterocycles. The monoisotopic (exact) mass is 499 g/mol. The summed E-state index contributed by atoms with van der Waals surface area (Å²) in [4.78, 5) is 30.7. The number of nitrogens with zero attached hydrogens (tertiary/aromatic N) is 2. The number of likely N-dealkylation sites (tertiary alicyclic amines) is 1. The van der Waals surface area contributed by atoms with Crippen molar-refractivity contribution >= 4 is 45.0 Å². The van der Waals surface area contributed by atoms with Gasteiger partial charge in [0, 0.05) is 36.3 Å². The van der Waals surface area contributed by atoms with E-state index in [1.54, 1.807) is 6.20 Å². The van der Waals surface area contributed by atoms with Crippen LogP contribution < -0.4 is 5.32 Å². The molecule has 6 nitrogen and oxygen atoms in total. The van der Waals surface area contributed by atoms with E-state index in [0.717, 1.165) is 35.3 Å². The molecule has 0 spiro atoms. The molecule has 2 aromatic heterocycles. The van der Waals surface area contributed by atoms with Gasteiger partial charge in [0.1, 0.15) is 5.52 Å². The number of fused-ring (bicyclic) bond motifs is 2. The van der Waals surface area contributed by atoms with Gasteiger partial charge in [0.2, 0.25) is 11.8 Å². The number of nitrogens with one attached hydrogen (secondary N) is 1. The van der Waals surface area contributed by atoms with Crippen molar-refractivity contribution in [1.82, 2.24) is 15.2 Å². The fourth-order valence-electron chi connectivity index (χ4n) is 5.13. The fourth-order valence-corrected chi connectivity index (χ4v) is 6.56. The van der Waals surface area contributed by atoms with Crippen LogP contribution in [0.3, 0.4) is 0 Å². The number of piperidine rings is 1. The first-order chi connectivity index (χ1) is 16.4. The molecule has 1 N–H and O–H groups in total. The molecule has 1 saturated carbocycles. The smallest absolute Gasteiger partial charge is 0.233 e. The molecule has 4 heterocycles. The Balaban J connectivity index is 1.41. The summed E-state index contributed by atoms with van der Waals surface area (Å²) in [6, 6.07) is 5.72. The van der Waals surface area contributed by atoms with Crippen LogP contribution in [0.2, 0.25) is 5.02 Å². The molecule has 2 amide bonds. The lowest BCUT2D eigenvalue weighted by Crippen LogP contribution is -2.39. The quantitative estimate of drug-likeness (QED) is 0.535. The van der Waals surface area contributed by atoms with E-state index in [0.29, 0.717) is 34.0 Å².